The maximum Gasteiger partial charge on any atom is 0.416 e. The van der Waals surface area contributed by atoms with Crippen molar-refractivity contribution < 1.29 is 18.0 Å². The number of nitrogens with two attached hydrogens (primary N) is 1. The lowest BCUT2D eigenvalue weighted by Crippen LogP contribution is -2.14. The summed E-state index contributed by atoms with van der Waals surface area (Å²) in [7, 11) is 0. The molecule has 188 valence electrons. The summed E-state index contributed by atoms with van der Waals surface area (Å²) < 4.78 is 41.7. The van der Waals surface area contributed by atoms with Crippen LogP contribution in [-0.2, 0) is 12.7 Å². The summed E-state index contributed by atoms with van der Waals surface area (Å²) in [5.41, 5.74) is 9.79. The highest BCUT2D eigenvalue weighted by Crippen LogP contribution is 2.30. The van der Waals surface area contributed by atoms with Gasteiger partial charge in [0.15, 0.2) is 11.6 Å². The Morgan fingerprint density at radius 1 is 1.08 bits per heavy atom. The summed E-state index contributed by atoms with van der Waals surface area (Å²) in [6.07, 6.45) is 1.73. The van der Waals surface area contributed by atoms with Crippen LogP contribution in [0.5, 0.6) is 0 Å². The van der Waals surface area contributed by atoms with Crippen LogP contribution in [0.2, 0.25) is 0 Å². The van der Waals surface area contributed by atoms with Crippen LogP contribution < -0.4 is 11.1 Å². The van der Waals surface area contributed by atoms with Crippen LogP contribution in [0, 0.1) is 13.8 Å². The lowest BCUT2D eigenvalue weighted by molar-refractivity contribution is -0.137. The van der Waals surface area contributed by atoms with Gasteiger partial charge in [-0.1, -0.05) is 12.1 Å². The van der Waals surface area contributed by atoms with Gasteiger partial charge in [-0.2, -0.15) is 18.3 Å². The Labute approximate surface area is 208 Å². The predicted octanol–water partition coefficient (Wildman–Crippen LogP) is 4.51. The fourth-order valence-electron chi connectivity index (χ4n) is 4.07. The molecule has 1 aromatic carbocycles. The van der Waals surface area contributed by atoms with E-state index in [2.05, 4.69) is 25.4 Å². The second-order valence-corrected chi connectivity index (χ2v) is 8.56. The second-order valence-electron chi connectivity index (χ2n) is 8.56. The highest BCUT2D eigenvalue weighted by molar-refractivity contribution is 6.05. The number of nitrogens with one attached hydrogen (secondary N) is 1. The number of carbonyl (C=O) groups is 1. The van der Waals surface area contributed by atoms with Gasteiger partial charge in [0.25, 0.3) is 5.91 Å². The topological polar surface area (TPSA) is 116 Å². The molecule has 5 rings (SSSR count). The number of rotatable bonds is 5. The summed E-state index contributed by atoms with van der Waals surface area (Å²) in [5, 5.41) is 7.04. The fraction of sp³-hybridized carbons (Fsp3) is 0.160. The van der Waals surface area contributed by atoms with Gasteiger partial charge < -0.3 is 15.6 Å². The van der Waals surface area contributed by atoms with Crippen molar-refractivity contribution in [2.75, 3.05) is 11.1 Å². The van der Waals surface area contributed by atoms with Gasteiger partial charge in [0, 0.05) is 24.5 Å². The standard InChI is InChI=1S/C25H21F3N8O/c1-14-7-20(36-22(14)23(29)31-12-33-36)17-8-19(15(2)30-9-17)24(37)34-21-11-35(13-32-21)10-16-3-5-18(6-4-16)25(26,27)28/h3-9,11-13H,10H2,1-2H3,(H,34,37)(H2,29,31,33). The number of aryl methyl sites for hydroxylation is 2. The summed E-state index contributed by atoms with van der Waals surface area (Å²) in [5.74, 6) is 0.244. The molecule has 0 aliphatic carbocycles. The number of anilines is 2. The van der Waals surface area contributed by atoms with Gasteiger partial charge in [-0.3, -0.25) is 9.78 Å². The van der Waals surface area contributed by atoms with E-state index in [1.54, 1.807) is 34.5 Å². The van der Waals surface area contributed by atoms with E-state index in [9.17, 15) is 18.0 Å². The van der Waals surface area contributed by atoms with E-state index < -0.39 is 17.6 Å². The number of nitrogen functional groups attached to an aromatic ring is 1. The molecule has 0 saturated carbocycles. The largest absolute Gasteiger partial charge is 0.416 e. The van der Waals surface area contributed by atoms with E-state index in [4.69, 9.17) is 5.73 Å². The molecule has 0 spiro atoms. The molecule has 0 atom stereocenters. The van der Waals surface area contributed by atoms with Gasteiger partial charge in [0.05, 0.1) is 28.8 Å². The number of hydrogen-bond donors (Lipinski definition) is 2. The summed E-state index contributed by atoms with van der Waals surface area (Å²) in [6, 6.07) is 8.51. The number of imidazole rings is 1. The first-order valence-electron chi connectivity index (χ1n) is 11.2. The van der Waals surface area contributed by atoms with Crippen molar-refractivity contribution in [1.29, 1.82) is 0 Å². The predicted molar refractivity (Wildman–Crippen MR) is 131 cm³/mol. The van der Waals surface area contributed by atoms with Gasteiger partial charge >= 0.3 is 6.18 Å². The maximum atomic E-state index is 13.1. The Balaban J connectivity index is 1.35. The number of pyridine rings is 1. The minimum absolute atomic E-state index is 0.294. The molecule has 4 heterocycles. The molecule has 0 unspecified atom stereocenters. The zero-order valence-corrected chi connectivity index (χ0v) is 19.8. The normalized spacial score (nSPS) is 11.7. The average Bonchev–Trinajstić information content (AvgIpc) is 3.43. The van der Waals surface area contributed by atoms with Crippen LogP contribution >= 0.6 is 0 Å². The van der Waals surface area contributed by atoms with Crippen molar-refractivity contribution >= 4 is 23.1 Å². The average molecular weight is 506 g/mol. The van der Waals surface area contributed by atoms with E-state index in [-0.39, 0.29) is 0 Å². The number of carbonyl (C=O) groups excluding carboxylic acids is 1. The molecular weight excluding hydrogens is 485 g/mol. The number of nitrogens with zero attached hydrogens (tertiary/aromatic N) is 6. The van der Waals surface area contributed by atoms with E-state index in [1.807, 2.05) is 13.0 Å². The lowest BCUT2D eigenvalue weighted by Gasteiger charge is -2.09. The number of benzene rings is 1. The number of halogens is 3. The zero-order chi connectivity index (χ0) is 26.3. The smallest absolute Gasteiger partial charge is 0.382 e. The van der Waals surface area contributed by atoms with Crippen LogP contribution in [0.15, 0.2) is 61.4 Å². The number of fused-ring (bicyclic) bond motifs is 1. The zero-order valence-electron chi connectivity index (χ0n) is 19.8. The Kier molecular flexibility index (Phi) is 5.86. The van der Waals surface area contributed by atoms with Crippen LogP contribution in [0.25, 0.3) is 16.8 Å². The molecule has 37 heavy (non-hydrogen) atoms. The van der Waals surface area contributed by atoms with E-state index in [0.717, 1.165) is 17.7 Å². The van der Waals surface area contributed by atoms with Gasteiger partial charge in [0.2, 0.25) is 0 Å². The minimum atomic E-state index is -4.39. The quantitative estimate of drug-likeness (QED) is 0.363. The van der Waals surface area contributed by atoms with Crippen LogP contribution in [0.1, 0.15) is 32.7 Å². The van der Waals surface area contributed by atoms with E-state index in [0.29, 0.717) is 51.8 Å². The third kappa shape index (κ3) is 4.73. The van der Waals surface area contributed by atoms with Crippen molar-refractivity contribution in [2.45, 2.75) is 26.6 Å². The molecule has 3 N–H and O–H groups in total. The van der Waals surface area contributed by atoms with E-state index in [1.165, 1.54) is 24.8 Å². The number of alkyl halides is 3. The number of amides is 1. The highest BCUT2D eigenvalue weighted by atomic mass is 19.4. The molecule has 12 heteroatoms. The first kappa shape index (κ1) is 24.0. The minimum Gasteiger partial charge on any atom is -0.382 e. The number of hydrogen-bond acceptors (Lipinski definition) is 6. The Morgan fingerprint density at radius 2 is 1.84 bits per heavy atom. The first-order chi connectivity index (χ1) is 17.6. The van der Waals surface area contributed by atoms with Crippen molar-refractivity contribution in [2.24, 2.45) is 0 Å². The Bertz CT molecular complexity index is 1620. The van der Waals surface area contributed by atoms with Crippen molar-refractivity contribution in [1.82, 2.24) is 29.1 Å². The third-order valence-electron chi connectivity index (χ3n) is 5.92. The second kappa shape index (κ2) is 9.04. The molecule has 5 aromatic rings. The summed E-state index contributed by atoms with van der Waals surface area (Å²) in [4.78, 5) is 25.7. The van der Waals surface area contributed by atoms with Crippen molar-refractivity contribution in [3.8, 4) is 11.3 Å². The molecule has 4 aromatic heterocycles. The molecule has 0 saturated heterocycles. The lowest BCUT2D eigenvalue weighted by atomic mass is 10.1. The summed E-state index contributed by atoms with van der Waals surface area (Å²) in [6.45, 7) is 3.92. The van der Waals surface area contributed by atoms with Gasteiger partial charge in [0.1, 0.15) is 11.8 Å². The van der Waals surface area contributed by atoms with Crippen LogP contribution in [0.4, 0.5) is 24.8 Å². The molecular formula is C25H21F3N8O. The molecule has 0 fully saturated rings. The Hall–Kier alpha value is -4.74. The van der Waals surface area contributed by atoms with Gasteiger partial charge in [-0.15, -0.1) is 0 Å². The monoisotopic (exact) mass is 506 g/mol. The van der Waals surface area contributed by atoms with Crippen LogP contribution in [-0.4, -0.2) is 35.0 Å². The van der Waals surface area contributed by atoms with E-state index >= 15 is 0 Å². The number of aromatic nitrogens is 6. The summed E-state index contributed by atoms with van der Waals surface area (Å²) >= 11 is 0. The molecule has 9 nitrogen and oxygen atoms in total. The molecule has 0 radical (unpaired) electrons. The van der Waals surface area contributed by atoms with Crippen molar-refractivity contribution in [3.05, 3.63) is 89.4 Å². The fourth-order valence-corrected chi connectivity index (χ4v) is 4.07. The SMILES string of the molecule is Cc1ncc(-c2cc(C)c3c(N)ncnn23)cc1C(=O)Nc1cn(Cc2ccc(C(F)(F)F)cc2)cn1. The van der Waals surface area contributed by atoms with Gasteiger partial charge in [-0.25, -0.2) is 14.5 Å². The molecule has 1 amide bonds. The maximum absolute atomic E-state index is 13.1. The Morgan fingerprint density at radius 3 is 2.57 bits per heavy atom. The molecule has 0 aliphatic rings. The first-order valence-corrected chi connectivity index (χ1v) is 11.2. The van der Waals surface area contributed by atoms with Gasteiger partial charge in [-0.05, 0) is 49.2 Å². The molecule has 0 bridgehead atoms. The molecule has 0 aliphatic heterocycles. The van der Waals surface area contributed by atoms with Crippen molar-refractivity contribution in [3.63, 3.8) is 0 Å². The highest BCUT2D eigenvalue weighted by Gasteiger charge is 2.29. The van der Waals surface area contributed by atoms with Crippen LogP contribution in [0.3, 0.4) is 0 Å². The third-order valence-corrected chi connectivity index (χ3v) is 5.92.